The quantitative estimate of drug-likeness (QED) is 0.280. The van der Waals surface area contributed by atoms with Gasteiger partial charge in [0, 0.05) is 18.9 Å². The van der Waals surface area contributed by atoms with Gasteiger partial charge in [-0.25, -0.2) is 0 Å². The van der Waals surface area contributed by atoms with Crippen LogP contribution >= 0.6 is 0 Å². The van der Waals surface area contributed by atoms with Crippen molar-refractivity contribution in [1.29, 1.82) is 0 Å². The Balaban J connectivity index is 3.75. The highest BCUT2D eigenvalue weighted by Gasteiger charge is 2.16. The average Bonchev–Trinajstić information content (AvgIpc) is 2.26. The first-order valence-electron chi connectivity index (χ1n) is 5.57. The molecule has 0 spiro atoms. The molecular weight excluding hydrogens is 206 g/mol. The van der Waals surface area contributed by atoms with Crippen LogP contribution in [0.2, 0.25) is 0 Å². The summed E-state index contributed by atoms with van der Waals surface area (Å²) in [6, 6.07) is -0.0590. The molecule has 0 saturated heterocycles. The number of carbonyl (C=O) groups excluding carboxylic acids is 2. The van der Waals surface area contributed by atoms with Gasteiger partial charge in [0.15, 0.2) is 0 Å². The largest absolute Gasteiger partial charge is 0.461 e. The van der Waals surface area contributed by atoms with Crippen molar-refractivity contribution in [1.82, 2.24) is 0 Å². The molecule has 0 aliphatic carbocycles. The normalized spacial score (nSPS) is 13.9. The standard InChI is InChI=1S/C12H21NO3/c1-3-8-16-12(15)9-10(2)11(13)6-4-5-7-14/h3,7,10-11H,1,4-6,8-9,13H2,2H3. The molecule has 4 heteroatoms. The predicted octanol–water partition coefficient (Wildman–Crippen LogP) is 1.44. The fourth-order valence-corrected chi connectivity index (χ4v) is 1.35. The van der Waals surface area contributed by atoms with Gasteiger partial charge in [0.1, 0.15) is 12.9 Å². The second-order valence-corrected chi connectivity index (χ2v) is 3.91. The molecule has 0 amide bonds. The Morgan fingerprint density at radius 3 is 2.81 bits per heavy atom. The molecule has 0 aromatic rings. The SMILES string of the molecule is C=CCOC(=O)CC(C)C(N)CCCC=O. The van der Waals surface area contributed by atoms with Crippen molar-refractivity contribution >= 4 is 12.3 Å². The highest BCUT2D eigenvalue weighted by molar-refractivity contribution is 5.69. The minimum atomic E-state index is -0.252. The lowest BCUT2D eigenvalue weighted by atomic mass is 9.95. The van der Waals surface area contributed by atoms with Crippen molar-refractivity contribution in [2.45, 2.75) is 38.6 Å². The smallest absolute Gasteiger partial charge is 0.306 e. The second kappa shape index (κ2) is 9.09. The summed E-state index contributed by atoms with van der Waals surface area (Å²) in [5.41, 5.74) is 5.89. The third-order valence-electron chi connectivity index (χ3n) is 2.44. The summed E-state index contributed by atoms with van der Waals surface area (Å²) in [4.78, 5) is 21.4. The number of carbonyl (C=O) groups is 2. The van der Waals surface area contributed by atoms with E-state index in [9.17, 15) is 9.59 Å². The molecule has 0 heterocycles. The summed E-state index contributed by atoms with van der Waals surface area (Å²) in [6.45, 7) is 5.62. The highest BCUT2D eigenvalue weighted by atomic mass is 16.5. The first-order valence-corrected chi connectivity index (χ1v) is 5.57. The molecule has 0 fully saturated rings. The van der Waals surface area contributed by atoms with Gasteiger partial charge < -0.3 is 15.3 Å². The average molecular weight is 227 g/mol. The van der Waals surface area contributed by atoms with Crippen molar-refractivity contribution in [3.05, 3.63) is 12.7 Å². The molecule has 0 bridgehead atoms. The van der Waals surface area contributed by atoms with E-state index in [1.807, 2.05) is 6.92 Å². The van der Waals surface area contributed by atoms with Crippen LogP contribution in [0.25, 0.3) is 0 Å². The van der Waals surface area contributed by atoms with Gasteiger partial charge in [0.2, 0.25) is 0 Å². The maximum atomic E-state index is 11.3. The molecule has 2 unspecified atom stereocenters. The van der Waals surface area contributed by atoms with E-state index in [1.165, 1.54) is 6.08 Å². The summed E-state index contributed by atoms with van der Waals surface area (Å²) < 4.78 is 4.87. The molecule has 4 nitrogen and oxygen atoms in total. The van der Waals surface area contributed by atoms with Crippen LogP contribution in [0.3, 0.4) is 0 Å². The first kappa shape index (κ1) is 14.8. The Bertz CT molecular complexity index is 228. The summed E-state index contributed by atoms with van der Waals surface area (Å²) in [7, 11) is 0. The lowest BCUT2D eigenvalue weighted by Gasteiger charge is -2.18. The van der Waals surface area contributed by atoms with Gasteiger partial charge in [-0.2, -0.15) is 0 Å². The summed E-state index contributed by atoms with van der Waals surface area (Å²) in [6.07, 6.45) is 4.80. The molecule has 0 aliphatic rings. The predicted molar refractivity (Wildman–Crippen MR) is 62.8 cm³/mol. The first-order chi connectivity index (χ1) is 7.61. The maximum Gasteiger partial charge on any atom is 0.306 e. The van der Waals surface area contributed by atoms with Gasteiger partial charge in [0.05, 0.1) is 0 Å². The van der Waals surface area contributed by atoms with Crippen LogP contribution in [0.1, 0.15) is 32.6 Å². The fourth-order valence-electron chi connectivity index (χ4n) is 1.35. The van der Waals surface area contributed by atoms with Crippen LogP contribution < -0.4 is 5.73 Å². The van der Waals surface area contributed by atoms with Gasteiger partial charge in [-0.3, -0.25) is 4.79 Å². The summed E-state index contributed by atoms with van der Waals surface area (Å²) >= 11 is 0. The molecule has 0 aromatic carbocycles. The Morgan fingerprint density at radius 1 is 1.56 bits per heavy atom. The van der Waals surface area contributed by atoms with Crippen LogP contribution in [-0.2, 0) is 14.3 Å². The molecule has 92 valence electrons. The lowest BCUT2D eigenvalue weighted by molar-refractivity contribution is -0.143. The van der Waals surface area contributed by atoms with E-state index >= 15 is 0 Å². The minimum absolute atomic E-state index is 0.0590. The zero-order valence-corrected chi connectivity index (χ0v) is 9.85. The summed E-state index contributed by atoms with van der Waals surface area (Å²) in [5.74, 6) is -0.179. The Hall–Kier alpha value is -1.16. The third kappa shape index (κ3) is 7.17. The molecule has 2 atom stereocenters. The Labute approximate surface area is 96.8 Å². The van der Waals surface area contributed by atoms with E-state index in [-0.39, 0.29) is 24.5 Å². The van der Waals surface area contributed by atoms with Gasteiger partial charge >= 0.3 is 5.97 Å². The Kier molecular flexibility index (Phi) is 8.43. The van der Waals surface area contributed by atoms with Gasteiger partial charge in [0.25, 0.3) is 0 Å². The maximum absolute atomic E-state index is 11.3. The zero-order valence-electron chi connectivity index (χ0n) is 9.85. The molecule has 0 aliphatic heterocycles. The molecule has 0 radical (unpaired) electrons. The van der Waals surface area contributed by atoms with Gasteiger partial charge in [-0.15, -0.1) is 0 Å². The molecule has 2 N–H and O–H groups in total. The van der Waals surface area contributed by atoms with Gasteiger partial charge in [-0.1, -0.05) is 19.6 Å². The molecule has 0 aromatic heterocycles. The fraction of sp³-hybridized carbons (Fsp3) is 0.667. The van der Waals surface area contributed by atoms with E-state index in [0.717, 1.165) is 19.1 Å². The number of nitrogens with two attached hydrogens (primary N) is 1. The van der Waals surface area contributed by atoms with E-state index < -0.39 is 0 Å². The number of unbranched alkanes of at least 4 members (excludes halogenated alkanes) is 1. The summed E-state index contributed by atoms with van der Waals surface area (Å²) in [5, 5.41) is 0. The second-order valence-electron chi connectivity index (χ2n) is 3.91. The number of hydrogen-bond acceptors (Lipinski definition) is 4. The molecule has 16 heavy (non-hydrogen) atoms. The van der Waals surface area contributed by atoms with E-state index in [0.29, 0.717) is 12.8 Å². The molecule has 0 saturated carbocycles. The van der Waals surface area contributed by atoms with Crippen molar-refractivity contribution in [2.24, 2.45) is 11.7 Å². The van der Waals surface area contributed by atoms with Crippen LogP contribution in [0.15, 0.2) is 12.7 Å². The molecular formula is C12H21NO3. The number of ether oxygens (including phenoxy) is 1. The molecule has 0 rings (SSSR count). The monoisotopic (exact) mass is 227 g/mol. The van der Waals surface area contributed by atoms with Crippen LogP contribution in [0, 0.1) is 5.92 Å². The van der Waals surface area contributed by atoms with Crippen molar-refractivity contribution in [2.75, 3.05) is 6.61 Å². The van der Waals surface area contributed by atoms with Gasteiger partial charge in [-0.05, 0) is 18.8 Å². The van der Waals surface area contributed by atoms with E-state index in [4.69, 9.17) is 10.5 Å². The van der Waals surface area contributed by atoms with E-state index in [2.05, 4.69) is 6.58 Å². The van der Waals surface area contributed by atoms with Crippen LogP contribution in [0.5, 0.6) is 0 Å². The van der Waals surface area contributed by atoms with Crippen LogP contribution in [0.4, 0.5) is 0 Å². The number of rotatable bonds is 9. The minimum Gasteiger partial charge on any atom is -0.461 e. The number of hydrogen-bond donors (Lipinski definition) is 1. The third-order valence-corrected chi connectivity index (χ3v) is 2.44. The zero-order chi connectivity index (χ0) is 12.4. The highest BCUT2D eigenvalue weighted by Crippen LogP contribution is 2.12. The van der Waals surface area contributed by atoms with Crippen molar-refractivity contribution < 1.29 is 14.3 Å². The Morgan fingerprint density at radius 2 is 2.25 bits per heavy atom. The topological polar surface area (TPSA) is 69.4 Å². The van der Waals surface area contributed by atoms with Crippen molar-refractivity contribution in [3.8, 4) is 0 Å². The number of esters is 1. The lowest BCUT2D eigenvalue weighted by Crippen LogP contribution is -2.30. The van der Waals surface area contributed by atoms with Crippen molar-refractivity contribution in [3.63, 3.8) is 0 Å². The van der Waals surface area contributed by atoms with Crippen LogP contribution in [-0.4, -0.2) is 24.9 Å². The number of aldehydes is 1. The van der Waals surface area contributed by atoms with E-state index in [1.54, 1.807) is 0 Å².